The van der Waals surface area contributed by atoms with Gasteiger partial charge in [0.15, 0.2) is 5.03 Å². The van der Waals surface area contributed by atoms with Crippen LogP contribution < -0.4 is 4.72 Å². The van der Waals surface area contributed by atoms with Gasteiger partial charge in [-0.3, -0.25) is 0 Å². The first kappa shape index (κ1) is 14.7. The molecular formula is C13H16FN3O2S. The van der Waals surface area contributed by atoms with Gasteiger partial charge in [-0.15, -0.1) is 0 Å². The molecule has 0 atom stereocenters. The number of aryl methyl sites for hydroxylation is 1. The Labute approximate surface area is 117 Å². The van der Waals surface area contributed by atoms with E-state index in [1.165, 1.54) is 35.1 Å². The maximum absolute atomic E-state index is 13.1. The van der Waals surface area contributed by atoms with Crippen LogP contribution >= 0.6 is 0 Å². The van der Waals surface area contributed by atoms with Crippen molar-refractivity contribution in [1.82, 2.24) is 14.5 Å². The molecule has 0 bridgehead atoms. The molecule has 0 amide bonds. The Kier molecular flexibility index (Phi) is 3.92. The highest BCUT2D eigenvalue weighted by Gasteiger charge is 2.21. The van der Waals surface area contributed by atoms with Crippen LogP contribution in [-0.4, -0.2) is 24.2 Å². The average Bonchev–Trinajstić information content (AvgIpc) is 2.76. The minimum absolute atomic E-state index is 0.0286. The number of nitrogens with one attached hydrogen (secondary N) is 1. The van der Waals surface area contributed by atoms with Gasteiger partial charge in [0, 0.05) is 6.04 Å². The van der Waals surface area contributed by atoms with E-state index in [0.29, 0.717) is 11.3 Å². The number of rotatable bonds is 4. The third-order valence-corrected chi connectivity index (χ3v) is 4.30. The summed E-state index contributed by atoms with van der Waals surface area (Å²) < 4.78 is 41.4. The summed E-state index contributed by atoms with van der Waals surface area (Å²) in [4.78, 5) is 0. The average molecular weight is 297 g/mol. The van der Waals surface area contributed by atoms with E-state index in [0.717, 1.165) is 0 Å². The topological polar surface area (TPSA) is 64.0 Å². The lowest BCUT2D eigenvalue weighted by molar-refractivity contribution is 0.560. The van der Waals surface area contributed by atoms with Crippen molar-refractivity contribution in [3.63, 3.8) is 0 Å². The number of hydrogen-bond acceptors (Lipinski definition) is 3. The van der Waals surface area contributed by atoms with Gasteiger partial charge < -0.3 is 0 Å². The molecule has 2 aromatic rings. The molecule has 0 aliphatic rings. The van der Waals surface area contributed by atoms with Gasteiger partial charge >= 0.3 is 0 Å². The quantitative estimate of drug-likeness (QED) is 0.939. The van der Waals surface area contributed by atoms with E-state index < -0.39 is 10.0 Å². The lowest BCUT2D eigenvalue weighted by Crippen LogP contribution is -2.31. The Morgan fingerprint density at radius 2 is 2.00 bits per heavy atom. The fraction of sp³-hybridized carbons (Fsp3) is 0.308. The van der Waals surface area contributed by atoms with Crippen molar-refractivity contribution >= 4 is 10.0 Å². The second-order valence-electron chi connectivity index (χ2n) is 4.79. The second-order valence-corrected chi connectivity index (χ2v) is 6.45. The highest BCUT2D eigenvalue weighted by atomic mass is 32.2. The predicted molar refractivity (Wildman–Crippen MR) is 73.7 cm³/mol. The van der Waals surface area contributed by atoms with E-state index in [2.05, 4.69) is 9.82 Å². The van der Waals surface area contributed by atoms with Crippen LogP contribution in [0.1, 0.15) is 19.4 Å². The second kappa shape index (κ2) is 5.34. The number of hydrogen-bond donors (Lipinski definition) is 1. The molecule has 0 aliphatic carbocycles. The fourth-order valence-electron chi connectivity index (χ4n) is 1.90. The SMILES string of the molecule is Cc1cc(F)ccc1-n1nccc1S(=O)(=O)NC(C)C. The Hall–Kier alpha value is -1.73. The van der Waals surface area contributed by atoms with Gasteiger partial charge in [0.25, 0.3) is 10.0 Å². The fourth-order valence-corrected chi connectivity index (χ4v) is 3.26. The highest BCUT2D eigenvalue weighted by molar-refractivity contribution is 7.89. The molecule has 1 N–H and O–H groups in total. The molecule has 0 fully saturated rings. The first-order valence-electron chi connectivity index (χ1n) is 6.14. The minimum atomic E-state index is -3.67. The molecule has 0 spiro atoms. The van der Waals surface area contributed by atoms with E-state index in [-0.39, 0.29) is 16.9 Å². The van der Waals surface area contributed by atoms with E-state index in [4.69, 9.17) is 0 Å². The van der Waals surface area contributed by atoms with Crippen molar-refractivity contribution < 1.29 is 12.8 Å². The van der Waals surface area contributed by atoms with Crippen molar-refractivity contribution in [2.24, 2.45) is 0 Å². The summed E-state index contributed by atoms with van der Waals surface area (Å²) in [5, 5.41) is 4.05. The summed E-state index contributed by atoms with van der Waals surface area (Å²) in [6, 6.07) is 5.30. The van der Waals surface area contributed by atoms with Crippen molar-refractivity contribution in [2.45, 2.75) is 31.8 Å². The van der Waals surface area contributed by atoms with Gasteiger partial charge in [0.2, 0.25) is 0 Å². The molecular weight excluding hydrogens is 281 g/mol. The zero-order valence-corrected chi connectivity index (χ0v) is 12.3. The molecule has 1 aromatic carbocycles. The zero-order valence-electron chi connectivity index (χ0n) is 11.5. The van der Waals surface area contributed by atoms with Crippen LogP contribution in [0.25, 0.3) is 5.69 Å². The Morgan fingerprint density at radius 1 is 1.30 bits per heavy atom. The Morgan fingerprint density at radius 3 is 2.60 bits per heavy atom. The molecule has 108 valence electrons. The van der Waals surface area contributed by atoms with Gasteiger partial charge in [-0.1, -0.05) is 0 Å². The molecule has 2 rings (SSSR count). The van der Waals surface area contributed by atoms with Crippen molar-refractivity contribution in [1.29, 1.82) is 0 Å². The first-order valence-corrected chi connectivity index (χ1v) is 7.62. The summed E-state index contributed by atoms with van der Waals surface area (Å²) in [5.74, 6) is -0.372. The molecule has 20 heavy (non-hydrogen) atoms. The molecule has 0 aliphatic heterocycles. The molecule has 0 unspecified atom stereocenters. The monoisotopic (exact) mass is 297 g/mol. The van der Waals surface area contributed by atoms with Gasteiger partial charge in [0.05, 0.1) is 11.9 Å². The predicted octanol–water partition coefficient (Wildman–Crippen LogP) is 2.01. The van der Waals surface area contributed by atoms with Crippen LogP contribution in [0.15, 0.2) is 35.5 Å². The third-order valence-electron chi connectivity index (χ3n) is 2.66. The summed E-state index contributed by atoms with van der Waals surface area (Å²) in [6.45, 7) is 5.18. The van der Waals surface area contributed by atoms with Gasteiger partial charge in [0.1, 0.15) is 5.82 Å². The number of aromatic nitrogens is 2. The number of halogens is 1. The first-order chi connectivity index (χ1) is 9.31. The van der Waals surface area contributed by atoms with Crippen LogP contribution in [0.3, 0.4) is 0 Å². The lowest BCUT2D eigenvalue weighted by Gasteiger charge is -2.13. The summed E-state index contributed by atoms with van der Waals surface area (Å²) in [7, 11) is -3.67. The van der Waals surface area contributed by atoms with Crippen LogP contribution in [0, 0.1) is 12.7 Å². The smallest absolute Gasteiger partial charge is 0.220 e. The van der Waals surface area contributed by atoms with Crippen LogP contribution in [-0.2, 0) is 10.0 Å². The van der Waals surface area contributed by atoms with Crippen LogP contribution in [0.5, 0.6) is 0 Å². The molecule has 0 saturated carbocycles. The van der Waals surface area contributed by atoms with E-state index in [1.807, 2.05) is 0 Å². The lowest BCUT2D eigenvalue weighted by atomic mass is 10.2. The maximum Gasteiger partial charge on any atom is 0.258 e. The van der Waals surface area contributed by atoms with Crippen LogP contribution in [0.4, 0.5) is 4.39 Å². The van der Waals surface area contributed by atoms with E-state index in [9.17, 15) is 12.8 Å². The zero-order chi connectivity index (χ0) is 14.9. The summed E-state index contributed by atoms with van der Waals surface area (Å²) >= 11 is 0. The molecule has 0 saturated heterocycles. The van der Waals surface area contributed by atoms with Gasteiger partial charge in [-0.2, -0.15) is 5.10 Å². The van der Waals surface area contributed by atoms with E-state index in [1.54, 1.807) is 20.8 Å². The van der Waals surface area contributed by atoms with Crippen molar-refractivity contribution in [2.75, 3.05) is 0 Å². The number of benzene rings is 1. The Balaban J connectivity index is 2.54. The summed E-state index contributed by atoms with van der Waals surface area (Å²) in [5.41, 5.74) is 1.13. The minimum Gasteiger partial charge on any atom is -0.220 e. The van der Waals surface area contributed by atoms with Gasteiger partial charge in [-0.05, 0) is 50.6 Å². The van der Waals surface area contributed by atoms with Crippen molar-refractivity contribution in [3.8, 4) is 5.69 Å². The molecule has 0 radical (unpaired) electrons. The summed E-state index contributed by atoms with van der Waals surface area (Å²) in [6.07, 6.45) is 1.40. The Bertz CT molecular complexity index is 723. The van der Waals surface area contributed by atoms with E-state index >= 15 is 0 Å². The molecule has 1 aromatic heterocycles. The number of sulfonamides is 1. The number of nitrogens with zero attached hydrogens (tertiary/aromatic N) is 2. The van der Waals surface area contributed by atoms with Crippen LogP contribution in [0.2, 0.25) is 0 Å². The highest BCUT2D eigenvalue weighted by Crippen LogP contribution is 2.19. The molecule has 5 nitrogen and oxygen atoms in total. The largest absolute Gasteiger partial charge is 0.258 e. The normalized spacial score (nSPS) is 12.1. The van der Waals surface area contributed by atoms with Crippen molar-refractivity contribution in [3.05, 3.63) is 41.8 Å². The molecule has 7 heteroatoms. The third kappa shape index (κ3) is 2.88. The maximum atomic E-state index is 13.1. The van der Waals surface area contributed by atoms with Gasteiger partial charge in [-0.25, -0.2) is 22.2 Å². The molecule has 1 heterocycles. The standard InChI is InChI=1S/C13H16FN3O2S/c1-9(2)16-20(18,19)13-6-7-15-17(13)12-5-4-11(14)8-10(12)3/h4-9,16H,1-3H3.